The van der Waals surface area contributed by atoms with E-state index in [-0.39, 0.29) is 6.04 Å². The predicted octanol–water partition coefficient (Wildman–Crippen LogP) is 2.19. The van der Waals surface area contributed by atoms with Gasteiger partial charge < -0.3 is 5.73 Å². The molecule has 0 saturated carbocycles. The Morgan fingerprint density at radius 1 is 1.60 bits per heavy atom. The van der Waals surface area contributed by atoms with Crippen molar-refractivity contribution in [2.24, 2.45) is 5.73 Å². The molecule has 1 atom stereocenters. The highest BCUT2D eigenvalue weighted by molar-refractivity contribution is 5.65. The maximum atomic E-state index is 5.92. The fourth-order valence-electron chi connectivity index (χ4n) is 2.07. The first-order chi connectivity index (χ1) is 7.29. The van der Waals surface area contributed by atoms with Crippen molar-refractivity contribution in [2.45, 2.75) is 45.2 Å². The van der Waals surface area contributed by atoms with E-state index in [1.807, 2.05) is 10.9 Å². The topological polar surface area (TPSA) is 43.8 Å². The van der Waals surface area contributed by atoms with E-state index in [2.05, 4.69) is 24.3 Å². The first-order valence-corrected chi connectivity index (χ1v) is 5.78. The summed E-state index contributed by atoms with van der Waals surface area (Å²) in [6.45, 7) is 3.16. The Morgan fingerprint density at radius 2 is 2.47 bits per heavy atom. The molecule has 0 bridgehead atoms. The van der Waals surface area contributed by atoms with E-state index >= 15 is 0 Å². The summed E-state index contributed by atoms with van der Waals surface area (Å²) in [6, 6.07) is 0.239. The maximum Gasteiger partial charge on any atom is 0.0564 e. The van der Waals surface area contributed by atoms with E-state index in [9.17, 15) is 0 Å². The highest BCUT2D eigenvalue weighted by Crippen LogP contribution is 2.25. The molecule has 2 rings (SSSR count). The van der Waals surface area contributed by atoms with Crippen molar-refractivity contribution in [1.82, 2.24) is 9.78 Å². The minimum Gasteiger partial charge on any atom is -0.324 e. The van der Waals surface area contributed by atoms with Crippen LogP contribution < -0.4 is 5.73 Å². The molecule has 0 aliphatic heterocycles. The number of hydrogen-bond donors (Lipinski definition) is 1. The highest BCUT2D eigenvalue weighted by atomic mass is 15.3. The first-order valence-electron chi connectivity index (χ1n) is 5.78. The van der Waals surface area contributed by atoms with Gasteiger partial charge in [-0.25, -0.2) is 0 Å². The number of aryl methyl sites for hydroxylation is 1. The van der Waals surface area contributed by atoms with Gasteiger partial charge in [0.25, 0.3) is 0 Å². The second-order valence-corrected chi connectivity index (χ2v) is 4.24. The van der Waals surface area contributed by atoms with Crippen molar-refractivity contribution in [3.63, 3.8) is 0 Å². The van der Waals surface area contributed by atoms with Crippen LogP contribution in [0.1, 0.15) is 38.2 Å². The van der Waals surface area contributed by atoms with Gasteiger partial charge in [-0.2, -0.15) is 5.10 Å². The van der Waals surface area contributed by atoms with Gasteiger partial charge in [0.05, 0.1) is 6.20 Å². The lowest BCUT2D eigenvalue weighted by atomic mass is 9.93. The lowest BCUT2D eigenvalue weighted by molar-refractivity contribution is 0.602. The zero-order chi connectivity index (χ0) is 10.7. The molecule has 0 saturated heterocycles. The Labute approximate surface area is 91.0 Å². The van der Waals surface area contributed by atoms with Gasteiger partial charge in [0.2, 0.25) is 0 Å². The highest BCUT2D eigenvalue weighted by Gasteiger charge is 2.12. The summed E-state index contributed by atoms with van der Waals surface area (Å²) in [5.41, 5.74) is 8.54. The second-order valence-electron chi connectivity index (χ2n) is 4.24. The summed E-state index contributed by atoms with van der Waals surface area (Å²) >= 11 is 0. The summed E-state index contributed by atoms with van der Waals surface area (Å²) in [5, 5.41) is 4.34. The zero-order valence-electron chi connectivity index (χ0n) is 9.32. The van der Waals surface area contributed by atoms with Crippen molar-refractivity contribution in [3.05, 3.63) is 24.0 Å². The molecule has 0 amide bonds. The number of nitrogens with two attached hydrogens (primary N) is 1. The number of allylic oxidation sites excluding steroid dienone is 1. The van der Waals surface area contributed by atoms with Crippen LogP contribution in [0.4, 0.5) is 0 Å². The van der Waals surface area contributed by atoms with Gasteiger partial charge in [-0.1, -0.05) is 13.0 Å². The molecule has 1 aliphatic rings. The quantitative estimate of drug-likeness (QED) is 0.822. The van der Waals surface area contributed by atoms with Gasteiger partial charge in [0.15, 0.2) is 0 Å². The van der Waals surface area contributed by atoms with E-state index in [1.54, 1.807) is 0 Å². The summed E-state index contributed by atoms with van der Waals surface area (Å²) in [5.74, 6) is 0. The van der Waals surface area contributed by atoms with Crippen LogP contribution in [0.15, 0.2) is 18.5 Å². The summed E-state index contributed by atoms with van der Waals surface area (Å²) in [7, 11) is 0. The standard InChI is InChI=1S/C12H19N3/c1-2-6-15-9-11(8-14-15)10-4-3-5-12(13)7-10/h7-9,12H,2-6,13H2,1H3. The van der Waals surface area contributed by atoms with Crippen LogP contribution in [0, 0.1) is 0 Å². The smallest absolute Gasteiger partial charge is 0.0564 e. The van der Waals surface area contributed by atoms with Crippen molar-refractivity contribution >= 4 is 5.57 Å². The molecule has 1 aliphatic carbocycles. The predicted molar refractivity (Wildman–Crippen MR) is 62.3 cm³/mol. The van der Waals surface area contributed by atoms with E-state index in [4.69, 9.17) is 5.73 Å². The fraction of sp³-hybridized carbons (Fsp3) is 0.583. The van der Waals surface area contributed by atoms with E-state index in [0.29, 0.717) is 0 Å². The van der Waals surface area contributed by atoms with E-state index in [0.717, 1.165) is 25.8 Å². The minimum absolute atomic E-state index is 0.239. The molecule has 1 aromatic heterocycles. The molecule has 0 spiro atoms. The van der Waals surface area contributed by atoms with Gasteiger partial charge in [-0.3, -0.25) is 4.68 Å². The first kappa shape index (κ1) is 10.4. The Kier molecular flexibility index (Phi) is 3.21. The molecular weight excluding hydrogens is 186 g/mol. The number of rotatable bonds is 3. The van der Waals surface area contributed by atoms with E-state index < -0.39 is 0 Å². The molecule has 2 N–H and O–H groups in total. The molecule has 0 fully saturated rings. The van der Waals surface area contributed by atoms with Crippen LogP contribution in [-0.2, 0) is 6.54 Å². The van der Waals surface area contributed by atoms with Crippen molar-refractivity contribution in [1.29, 1.82) is 0 Å². The molecule has 0 aromatic carbocycles. The third-order valence-corrected chi connectivity index (χ3v) is 2.86. The number of nitrogens with zero attached hydrogens (tertiary/aromatic N) is 2. The Hall–Kier alpha value is -1.09. The van der Waals surface area contributed by atoms with Crippen LogP contribution in [0.2, 0.25) is 0 Å². The van der Waals surface area contributed by atoms with Crippen molar-refractivity contribution in [3.8, 4) is 0 Å². The molecule has 3 nitrogen and oxygen atoms in total. The monoisotopic (exact) mass is 205 g/mol. The summed E-state index contributed by atoms with van der Waals surface area (Å²) < 4.78 is 2.01. The number of aromatic nitrogens is 2. The van der Waals surface area contributed by atoms with Gasteiger partial charge in [0.1, 0.15) is 0 Å². The third-order valence-electron chi connectivity index (χ3n) is 2.86. The lowest BCUT2D eigenvalue weighted by Gasteiger charge is -2.16. The van der Waals surface area contributed by atoms with Crippen LogP contribution in [0.5, 0.6) is 0 Å². The van der Waals surface area contributed by atoms with Crippen molar-refractivity contribution < 1.29 is 0 Å². The number of hydrogen-bond acceptors (Lipinski definition) is 2. The normalized spacial score (nSPS) is 21.5. The SMILES string of the molecule is CCCn1cc(C2=CC(N)CCC2)cn1. The minimum atomic E-state index is 0.239. The van der Waals surface area contributed by atoms with E-state index in [1.165, 1.54) is 17.6 Å². The molecule has 15 heavy (non-hydrogen) atoms. The summed E-state index contributed by atoms with van der Waals surface area (Å²) in [6.07, 6.45) is 10.9. The third kappa shape index (κ3) is 2.48. The molecule has 1 aromatic rings. The largest absolute Gasteiger partial charge is 0.324 e. The Morgan fingerprint density at radius 3 is 3.20 bits per heavy atom. The molecule has 3 heteroatoms. The molecule has 1 heterocycles. The average molecular weight is 205 g/mol. The molecular formula is C12H19N3. The zero-order valence-corrected chi connectivity index (χ0v) is 9.32. The second kappa shape index (κ2) is 4.62. The van der Waals surface area contributed by atoms with Crippen molar-refractivity contribution in [2.75, 3.05) is 0 Å². The lowest BCUT2D eigenvalue weighted by Crippen LogP contribution is -2.19. The van der Waals surface area contributed by atoms with Gasteiger partial charge in [-0.05, 0) is 31.3 Å². The van der Waals surface area contributed by atoms with Crippen LogP contribution in [0.3, 0.4) is 0 Å². The fourth-order valence-corrected chi connectivity index (χ4v) is 2.07. The van der Waals surface area contributed by atoms with Crippen LogP contribution in [0.25, 0.3) is 5.57 Å². The maximum absolute atomic E-state index is 5.92. The Bertz CT molecular complexity index is 352. The Balaban J connectivity index is 2.14. The van der Waals surface area contributed by atoms with Crippen LogP contribution in [-0.4, -0.2) is 15.8 Å². The molecule has 0 radical (unpaired) electrons. The molecule has 82 valence electrons. The van der Waals surface area contributed by atoms with Gasteiger partial charge >= 0.3 is 0 Å². The van der Waals surface area contributed by atoms with Gasteiger partial charge in [-0.15, -0.1) is 0 Å². The summed E-state index contributed by atoms with van der Waals surface area (Å²) in [4.78, 5) is 0. The van der Waals surface area contributed by atoms with Gasteiger partial charge in [0, 0.05) is 24.3 Å². The average Bonchev–Trinajstić information content (AvgIpc) is 2.67. The molecule has 1 unspecified atom stereocenters. The van der Waals surface area contributed by atoms with Crippen LogP contribution >= 0.6 is 0 Å².